The van der Waals surface area contributed by atoms with E-state index in [1.165, 1.54) is 0 Å². The summed E-state index contributed by atoms with van der Waals surface area (Å²) >= 11 is 0. The molecule has 0 bridgehead atoms. The summed E-state index contributed by atoms with van der Waals surface area (Å²) < 4.78 is 5.13. The van der Waals surface area contributed by atoms with E-state index >= 15 is 0 Å². The summed E-state index contributed by atoms with van der Waals surface area (Å²) in [6.07, 6.45) is 0.831. The van der Waals surface area contributed by atoms with Crippen LogP contribution in [0.4, 0.5) is 5.82 Å². The number of hydrogen-bond donors (Lipinski definition) is 2. The van der Waals surface area contributed by atoms with Crippen LogP contribution < -0.4 is 5.32 Å². The Kier molecular flexibility index (Phi) is 6.00. The summed E-state index contributed by atoms with van der Waals surface area (Å²) in [6.45, 7) is 3.62. The van der Waals surface area contributed by atoms with Gasteiger partial charge in [-0.2, -0.15) is 5.26 Å². The van der Waals surface area contributed by atoms with E-state index in [-0.39, 0.29) is 6.61 Å². The summed E-state index contributed by atoms with van der Waals surface area (Å²) in [5.74, 6) is 0.712. The van der Waals surface area contributed by atoms with Crippen molar-refractivity contribution in [3.8, 4) is 6.07 Å². The van der Waals surface area contributed by atoms with Crippen molar-refractivity contribution >= 4 is 5.82 Å². The number of nitriles is 1. The topological polar surface area (TPSA) is 78.2 Å². The summed E-state index contributed by atoms with van der Waals surface area (Å²) in [5, 5.41) is 20.4. The average molecular weight is 235 g/mol. The lowest BCUT2D eigenvalue weighted by Gasteiger charge is -2.07. The molecule has 0 aliphatic carbocycles. The fraction of sp³-hybridized carbons (Fsp3) is 0.500. The summed E-state index contributed by atoms with van der Waals surface area (Å²) in [4.78, 5) is 4.27. The highest BCUT2D eigenvalue weighted by Crippen LogP contribution is 2.08. The van der Waals surface area contributed by atoms with Crippen LogP contribution in [-0.4, -0.2) is 36.5 Å². The molecule has 1 heterocycles. The molecule has 0 aliphatic heterocycles. The zero-order valence-corrected chi connectivity index (χ0v) is 9.94. The van der Waals surface area contributed by atoms with Gasteiger partial charge in [-0.15, -0.1) is 0 Å². The van der Waals surface area contributed by atoms with Crippen molar-refractivity contribution in [1.82, 2.24) is 4.98 Å². The van der Waals surface area contributed by atoms with Crippen LogP contribution in [0.1, 0.15) is 17.7 Å². The Morgan fingerprint density at radius 1 is 1.47 bits per heavy atom. The van der Waals surface area contributed by atoms with Crippen LogP contribution in [0, 0.1) is 18.3 Å². The molecule has 5 nitrogen and oxygen atoms in total. The zero-order valence-electron chi connectivity index (χ0n) is 9.94. The molecule has 0 unspecified atom stereocenters. The van der Waals surface area contributed by atoms with Crippen molar-refractivity contribution in [2.45, 2.75) is 13.3 Å². The highest BCUT2D eigenvalue weighted by atomic mass is 16.5. The van der Waals surface area contributed by atoms with Crippen LogP contribution in [0.3, 0.4) is 0 Å². The van der Waals surface area contributed by atoms with Crippen molar-refractivity contribution in [2.75, 3.05) is 31.7 Å². The minimum atomic E-state index is 0.0540. The van der Waals surface area contributed by atoms with Crippen molar-refractivity contribution in [3.05, 3.63) is 23.4 Å². The van der Waals surface area contributed by atoms with Crippen molar-refractivity contribution in [1.29, 1.82) is 5.26 Å². The van der Waals surface area contributed by atoms with Crippen LogP contribution in [0.15, 0.2) is 12.1 Å². The number of nitrogens with zero attached hydrogens (tertiary/aromatic N) is 2. The number of aromatic nitrogens is 1. The number of nitrogens with one attached hydrogen (secondary N) is 1. The third-order valence-corrected chi connectivity index (χ3v) is 2.09. The predicted octanol–water partition coefficient (Wildman–Crippen LogP) is 1.07. The first-order valence-electron chi connectivity index (χ1n) is 5.57. The van der Waals surface area contributed by atoms with E-state index < -0.39 is 0 Å². The van der Waals surface area contributed by atoms with Gasteiger partial charge in [-0.25, -0.2) is 4.98 Å². The monoisotopic (exact) mass is 235 g/mol. The maximum absolute atomic E-state index is 8.81. The van der Waals surface area contributed by atoms with E-state index in [1.54, 1.807) is 12.1 Å². The van der Waals surface area contributed by atoms with Gasteiger partial charge in [-0.05, 0) is 25.5 Å². The number of anilines is 1. The van der Waals surface area contributed by atoms with Crippen molar-refractivity contribution in [3.63, 3.8) is 0 Å². The lowest BCUT2D eigenvalue weighted by molar-refractivity contribution is 0.0922. The second-order valence-electron chi connectivity index (χ2n) is 3.61. The van der Waals surface area contributed by atoms with Crippen LogP contribution in [0.25, 0.3) is 0 Å². The summed E-state index contributed by atoms with van der Waals surface area (Å²) in [7, 11) is 0. The van der Waals surface area contributed by atoms with Gasteiger partial charge in [-0.1, -0.05) is 0 Å². The lowest BCUT2D eigenvalue weighted by atomic mass is 10.2. The summed E-state index contributed by atoms with van der Waals surface area (Å²) in [5.41, 5.74) is 1.43. The molecule has 1 aromatic rings. The third-order valence-electron chi connectivity index (χ3n) is 2.09. The number of rotatable bonds is 7. The first-order chi connectivity index (χ1) is 8.26. The Morgan fingerprint density at radius 3 is 3.00 bits per heavy atom. The molecule has 2 N–H and O–H groups in total. The molecule has 1 aromatic heterocycles. The van der Waals surface area contributed by atoms with Crippen LogP contribution in [0.5, 0.6) is 0 Å². The van der Waals surface area contributed by atoms with Gasteiger partial charge in [0, 0.05) is 18.8 Å². The van der Waals surface area contributed by atoms with Crippen LogP contribution in [0.2, 0.25) is 0 Å². The number of aliphatic hydroxyl groups is 1. The van der Waals surface area contributed by atoms with Gasteiger partial charge >= 0.3 is 0 Å². The third kappa shape index (κ3) is 5.29. The van der Waals surface area contributed by atoms with E-state index in [1.807, 2.05) is 6.92 Å². The number of ether oxygens (including phenoxy) is 1. The molecule has 0 radical (unpaired) electrons. The molecule has 0 amide bonds. The zero-order chi connectivity index (χ0) is 12.5. The second kappa shape index (κ2) is 7.60. The standard InChI is InChI=1S/C12H17N3O2/c1-10-7-11(9-13)8-12(15-10)14-3-2-5-17-6-4-16/h7-8,16H,2-6H2,1H3,(H,14,15). The molecule has 0 fully saturated rings. The van der Waals surface area contributed by atoms with Gasteiger partial charge in [0.1, 0.15) is 5.82 Å². The van der Waals surface area contributed by atoms with E-state index in [2.05, 4.69) is 16.4 Å². The minimum absolute atomic E-state index is 0.0540. The molecular formula is C12H17N3O2. The molecule has 17 heavy (non-hydrogen) atoms. The van der Waals surface area contributed by atoms with Gasteiger partial charge in [0.05, 0.1) is 24.8 Å². The molecule has 92 valence electrons. The second-order valence-corrected chi connectivity index (χ2v) is 3.61. The number of aliphatic hydroxyl groups excluding tert-OH is 1. The van der Waals surface area contributed by atoms with Crippen LogP contribution >= 0.6 is 0 Å². The van der Waals surface area contributed by atoms with Gasteiger partial charge in [0.2, 0.25) is 0 Å². The van der Waals surface area contributed by atoms with E-state index in [0.29, 0.717) is 24.6 Å². The highest BCUT2D eigenvalue weighted by Gasteiger charge is 1.98. The highest BCUT2D eigenvalue weighted by molar-refractivity contribution is 5.44. The first kappa shape index (κ1) is 13.4. The average Bonchev–Trinajstić information content (AvgIpc) is 2.33. The molecule has 0 aliphatic rings. The van der Waals surface area contributed by atoms with Gasteiger partial charge < -0.3 is 15.2 Å². The Balaban J connectivity index is 2.32. The van der Waals surface area contributed by atoms with Crippen LogP contribution in [-0.2, 0) is 4.74 Å². The summed E-state index contributed by atoms with van der Waals surface area (Å²) in [6, 6.07) is 5.56. The smallest absolute Gasteiger partial charge is 0.127 e. The van der Waals surface area contributed by atoms with E-state index in [9.17, 15) is 0 Å². The van der Waals surface area contributed by atoms with Gasteiger partial charge in [0.15, 0.2) is 0 Å². The Hall–Kier alpha value is -1.64. The molecular weight excluding hydrogens is 218 g/mol. The molecule has 0 aromatic carbocycles. The Labute approximate surface area is 101 Å². The van der Waals surface area contributed by atoms with E-state index in [4.69, 9.17) is 15.1 Å². The fourth-order valence-corrected chi connectivity index (χ4v) is 1.38. The van der Waals surface area contributed by atoms with Gasteiger partial charge in [0.25, 0.3) is 0 Å². The molecule has 5 heteroatoms. The molecule has 0 spiro atoms. The molecule has 1 rings (SSSR count). The lowest BCUT2D eigenvalue weighted by Crippen LogP contribution is -2.08. The van der Waals surface area contributed by atoms with Crippen molar-refractivity contribution < 1.29 is 9.84 Å². The number of aryl methyl sites for hydroxylation is 1. The number of pyridine rings is 1. The first-order valence-corrected chi connectivity index (χ1v) is 5.57. The fourth-order valence-electron chi connectivity index (χ4n) is 1.38. The quantitative estimate of drug-likeness (QED) is 0.691. The minimum Gasteiger partial charge on any atom is -0.394 e. The van der Waals surface area contributed by atoms with E-state index in [0.717, 1.165) is 18.7 Å². The molecule has 0 atom stereocenters. The maximum Gasteiger partial charge on any atom is 0.127 e. The van der Waals surface area contributed by atoms with Gasteiger partial charge in [-0.3, -0.25) is 0 Å². The normalized spacial score (nSPS) is 9.94. The Bertz CT molecular complexity index is 388. The predicted molar refractivity (Wildman–Crippen MR) is 64.7 cm³/mol. The largest absolute Gasteiger partial charge is 0.394 e. The number of hydrogen-bond acceptors (Lipinski definition) is 5. The maximum atomic E-state index is 8.81. The SMILES string of the molecule is Cc1cc(C#N)cc(NCCCOCCO)n1. The molecule has 0 saturated heterocycles. The molecule has 0 saturated carbocycles. The Morgan fingerprint density at radius 2 is 2.29 bits per heavy atom. The van der Waals surface area contributed by atoms with Crippen molar-refractivity contribution in [2.24, 2.45) is 0 Å².